The molecule has 0 N–H and O–H groups in total. The maximum absolute atomic E-state index is 13.5. The van der Waals surface area contributed by atoms with Gasteiger partial charge >= 0.3 is 0 Å². The fourth-order valence-electron chi connectivity index (χ4n) is 4.15. The lowest BCUT2D eigenvalue weighted by Crippen LogP contribution is -2.42. The molecule has 6 heteroatoms. The molecule has 158 valence electrons. The quantitative estimate of drug-likeness (QED) is 0.771. The van der Waals surface area contributed by atoms with E-state index >= 15 is 0 Å². The van der Waals surface area contributed by atoms with Gasteiger partial charge in [0.1, 0.15) is 13.2 Å². The van der Waals surface area contributed by atoms with Gasteiger partial charge in [-0.1, -0.05) is 12.1 Å². The normalized spacial score (nSPS) is 18.1. The zero-order chi connectivity index (χ0) is 21.4. The van der Waals surface area contributed by atoms with Crippen LogP contribution in [-0.2, 0) is 9.59 Å². The lowest BCUT2D eigenvalue weighted by Gasteiger charge is -2.31. The Morgan fingerprint density at radius 2 is 1.80 bits per heavy atom. The SMILES string of the molecule is Cc1ccc(C)c(N(C(=O)C2CC(=O)N(c3ccc4c(c3)OCCO4)C2)C(C)C)c1. The fraction of sp³-hybridized carbons (Fsp3) is 0.417. The number of amides is 2. The van der Waals surface area contributed by atoms with E-state index < -0.39 is 0 Å². The molecule has 0 aromatic heterocycles. The minimum absolute atomic E-state index is 0.00329. The van der Waals surface area contributed by atoms with Gasteiger partial charge in [-0.25, -0.2) is 0 Å². The minimum Gasteiger partial charge on any atom is -0.486 e. The van der Waals surface area contributed by atoms with Crippen LogP contribution in [0.4, 0.5) is 11.4 Å². The maximum Gasteiger partial charge on any atom is 0.232 e. The molecule has 1 atom stereocenters. The van der Waals surface area contributed by atoms with E-state index in [-0.39, 0.29) is 30.2 Å². The van der Waals surface area contributed by atoms with Crippen LogP contribution in [0.3, 0.4) is 0 Å². The number of carbonyl (C=O) groups excluding carboxylic acids is 2. The monoisotopic (exact) mass is 408 g/mol. The summed E-state index contributed by atoms with van der Waals surface area (Å²) in [5, 5.41) is 0. The number of rotatable bonds is 4. The fourth-order valence-corrected chi connectivity index (χ4v) is 4.15. The lowest BCUT2D eigenvalue weighted by molar-refractivity contribution is -0.124. The first-order chi connectivity index (χ1) is 14.3. The summed E-state index contributed by atoms with van der Waals surface area (Å²) in [7, 11) is 0. The summed E-state index contributed by atoms with van der Waals surface area (Å²) in [6, 6.07) is 11.6. The van der Waals surface area contributed by atoms with Crippen LogP contribution in [0.15, 0.2) is 36.4 Å². The Kier molecular flexibility index (Phi) is 5.41. The van der Waals surface area contributed by atoms with E-state index in [9.17, 15) is 9.59 Å². The van der Waals surface area contributed by atoms with Gasteiger partial charge in [0, 0.05) is 36.4 Å². The van der Waals surface area contributed by atoms with Crippen molar-refractivity contribution in [3.8, 4) is 11.5 Å². The predicted molar refractivity (Wildman–Crippen MR) is 116 cm³/mol. The van der Waals surface area contributed by atoms with E-state index in [4.69, 9.17) is 9.47 Å². The molecule has 0 saturated carbocycles. The Hall–Kier alpha value is -3.02. The van der Waals surface area contributed by atoms with E-state index in [1.54, 1.807) is 4.90 Å². The number of fused-ring (bicyclic) bond motifs is 1. The first kappa shape index (κ1) is 20.3. The van der Waals surface area contributed by atoms with Crippen molar-refractivity contribution in [2.45, 2.75) is 40.2 Å². The molecule has 0 spiro atoms. The smallest absolute Gasteiger partial charge is 0.232 e. The number of hydrogen-bond donors (Lipinski definition) is 0. The van der Waals surface area contributed by atoms with Crippen LogP contribution in [0.5, 0.6) is 11.5 Å². The molecule has 1 unspecified atom stereocenters. The second-order valence-corrected chi connectivity index (χ2v) is 8.33. The van der Waals surface area contributed by atoms with Gasteiger partial charge < -0.3 is 19.3 Å². The Bertz CT molecular complexity index is 985. The largest absolute Gasteiger partial charge is 0.486 e. The molecule has 4 rings (SSSR count). The van der Waals surface area contributed by atoms with E-state index in [0.717, 1.165) is 22.5 Å². The molecule has 0 bridgehead atoms. The summed E-state index contributed by atoms with van der Waals surface area (Å²) in [6.07, 6.45) is 0.210. The average molecular weight is 408 g/mol. The summed E-state index contributed by atoms with van der Waals surface area (Å²) >= 11 is 0. The van der Waals surface area contributed by atoms with Crippen molar-refractivity contribution in [2.24, 2.45) is 5.92 Å². The maximum atomic E-state index is 13.5. The number of aryl methyl sites for hydroxylation is 2. The van der Waals surface area contributed by atoms with Crippen molar-refractivity contribution in [3.05, 3.63) is 47.5 Å². The third-order valence-electron chi connectivity index (χ3n) is 5.69. The third kappa shape index (κ3) is 3.74. The zero-order valence-electron chi connectivity index (χ0n) is 18.0. The molecule has 30 heavy (non-hydrogen) atoms. The Morgan fingerprint density at radius 3 is 2.53 bits per heavy atom. The highest BCUT2D eigenvalue weighted by Gasteiger charge is 2.39. The van der Waals surface area contributed by atoms with Crippen LogP contribution in [0, 0.1) is 19.8 Å². The van der Waals surface area contributed by atoms with Crippen molar-refractivity contribution in [1.29, 1.82) is 0 Å². The van der Waals surface area contributed by atoms with Gasteiger partial charge in [0.2, 0.25) is 11.8 Å². The standard InChI is InChI=1S/C24H28N2O4/c1-15(2)26(20-11-16(3)5-6-17(20)4)24(28)18-12-23(27)25(14-18)19-7-8-21-22(13-19)30-10-9-29-21/h5-8,11,13,15,18H,9-10,12,14H2,1-4H3. The highest BCUT2D eigenvalue weighted by molar-refractivity contribution is 6.05. The molecule has 0 aliphatic carbocycles. The van der Waals surface area contributed by atoms with Crippen LogP contribution < -0.4 is 19.3 Å². The van der Waals surface area contributed by atoms with E-state index in [0.29, 0.717) is 31.3 Å². The summed E-state index contributed by atoms with van der Waals surface area (Å²) in [6.45, 7) is 9.43. The van der Waals surface area contributed by atoms with Crippen molar-refractivity contribution in [2.75, 3.05) is 29.6 Å². The molecule has 2 aliphatic heterocycles. The Morgan fingerprint density at radius 1 is 1.07 bits per heavy atom. The van der Waals surface area contributed by atoms with Gasteiger partial charge in [-0.05, 0) is 57.0 Å². The highest BCUT2D eigenvalue weighted by Crippen LogP contribution is 2.37. The van der Waals surface area contributed by atoms with Gasteiger partial charge in [0.05, 0.1) is 5.92 Å². The van der Waals surface area contributed by atoms with Crippen LogP contribution in [0.1, 0.15) is 31.4 Å². The highest BCUT2D eigenvalue weighted by atomic mass is 16.6. The molecule has 1 saturated heterocycles. The summed E-state index contributed by atoms with van der Waals surface area (Å²) in [4.78, 5) is 29.8. The summed E-state index contributed by atoms with van der Waals surface area (Å²) in [5.41, 5.74) is 3.81. The first-order valence-electron chi connectivity index (χ1n) is 10.5. The molecule has 2 aromatic rings. The topological polar surface area (TPSA) is 59.1 Å². The molecule has 6 nitrogen and oxygen atoms in total. The Balaban J connectivity index is 1.58. The molecule has 1 fully saturated rings. The average Bonchev–Trinajstić information content (AvgIpc) is 3.12. The summed E-state index contributed by atoms with van der Waals surface area (Å²) in [5.74, 6) is 0.889. The second kappa shape index (κ2) is 8.01. The number of ether oxygens (including phenoxy) is 2. The van der Waals surface area contributed by atoms with E-state index in [1.165, 1.54) is 0 Å². The molecular formula is C24H28N2O4. The Labute approximate surface area is 177 Å². The van der Waals surface area contributed by atoms with Crippen molar-refractivity contribution >= 4 is 23.2 Å². The first-order valence-corrected chi connectivity index (χ1v) is 10.5. The molecule has 0 radical (unpaired) electrons. The van der Waals surface area contributed by atoms with E-state index in [2.05, 4.69) is 0 Å². The molecule has 2 heterocycles. The summed E-state index contributed by atoms with van der Waals surface area (Å²) < 4.78 is 11.2. The van der Waals surface area contributed by atoms with E-state index in [1.807, 2.05) is 69.0 Å². The number of benzene rings is 2. The molecule has 2 amide bonds. The predicted octanol–water partition coefficient (Wildman–Crippen LogP) is 3.87. The van der Waals surface area contributed by atoms with Gasteiger partial charge in [-0.2, -0.15) is 0 Å². The van der Waals surface area contributed by atoms with Crippen LogP contribution in [0.25, 0.3) is 0 Å². The van der Waals surface area contributed by atoms with Crippen molar-refractivity contribution in [1.82, 2.24) is 0 Å². The van der Waals surface area contributed by atoms with Gasteiger partial charge in [0.25, 0.3) is 0 Å². The molecule has 2 aliphatic rings. The lowest BCUT2D eigenvalue weighted by atomic mass is 10.0. The zero-order valence-corrected chi connectivity index (χ0v) is 18.0. The van der Waals surface area contributed by atoms with Crippen LogP contribution >= 0.6 is 0 Å². The van der Waals surface area contributed by atoms with Crippen LogP contribution in [-0.4, -0.2) is 37.6 Å². The number of hydrogen-bond acceptors (Lipinski definition) is 4. The second-order valence-electron chi connectivity index (χ2n) is 8.33. The third-order valence-corrected chi connectivity index (χ3v) is 5.69. The van der Waals surface area contributed by atoms with Crippen molar-refractivity contribution < 1.29 is 19.1 Å². The van der Waals surface area contributed by atoms with Crippen molar-refractivity contribution in [3.63, 3.8) is 0 Å². The molecular weight excluding hydrogens is 380 g/mol. The number of nitrogens with zero attached hydrogens (tertiary/aromatic N) is 2. The molecule has 2 aromatic carbocycles. The van der Waals surface area contributed by atoms with Gasteiger partial charge in [-0.15, -0.1) is 0 Å². The number of carbonyl (C=O) groups is 2. The number of anilines is 2. The van der Waals surface area contributed by atoms with Gasteiger partial charge in [-0.3, -0.25) is 9.59 Å². The minimum atomic E-state index is -0.381. The van der Waals surface area contributed by atoms with Gasteiger partial charge in [0.15, 0.2) is 11.5 Å². The van der Waals surface area contributed by atoms with Crippen LogP contribution in [0.2, 0.25) is 0 Å².